The minimum Gasteiger partial charge on any atom is -0.481 e. The zero-order chi connectivity index (χ0) is 36.5. The van der Waals surface area contributed by atoms with Crippen molar-refractivity contribution in [3.05, 3.63) is 87.4 Å². The second-order valence-corrected chi connectivity index (χ2v) is 13.7. The number of hydrogen-bond donors (Lipinski definition) is 3. The number of carboxylic acid groups (broad SMARTS) is 1. The SMILES string of the molecule is COc1nc(-c2cccc(-c3cccc4c3CC[C@@H]4Oc3nc(OC)c(CCCC(=O)O)cc3C(F)(F)F)c2Cl)ccc1CNC1CC(C)(O)C1. The van der Waals surface area contributed by atoms with Gasteiger partial charge in [0.15, 0.2) is 0 Å². The molecule has 6 rings (SSSR count). The van der Waals surface area contributed by atoms with Crippen LogP contribution in [0.1, 0.15) is 72.9 Å². The van der Waals surface area contributed by atoms with Gasteiger partial charge in [-0.1, -0.05) is 54.1 Å². The van der Waals surface area contributed by atoms with Crippen molar-refractivity contribution in [1.29, 1.82) is 0 Å². The lowest BCUT2D eigenvalue weighted by Crippen LogP contribution is -2.51. The maximum atomic E-state index is 14.3. The molecule has 1 fully saturated rings. The summed E-state index contributed by atoms with van der Waals surface area (Å²) in [5.74, 6) is -1.21. The van der Waals surface area contributed by atoms with E-state index in [4.69, 9.17) is 35.9 Å². The van der Waals surface area contributed by atoms with Crippen molar-refractivity contribution in [3.63, 3.8) is 0 Å². The van der Waals surface area contributed by atoms with Gasteiger partial charge in [0.1, 0.15) is 11.7 Å². The number of benzene rings is 2. The number of fused-ring (bicyclic) bond motifs is 1. The normalized spacial score (nSPS) is 19.7. The van der Waals surface area contributed by atoms with Gasteiger partial charge in [-0.3, -0.25) is 4.79 Å². The van der Waals surface area contributed by atoms with Gasteiger partial charge in [0.2, 0.25) is 17.6 Å². The second kappa shape index (κ2) is 14.7. The predicted molar refractivity (Wildman–Crippen MR) is 185 cm³/mol. The highest BCUT2D eigenvalue weighted by atomic mass is 35.5. The topological polar surface area (TPSA) is 123 Å². The van der Waals surface area contributed by atoms with Gasteiger partial charge < -0.3 is 29.7 Å². The molecule has 3 N–H and O–H groups in total. The van der Waals surface area contributed by atoms with Crippen LogP contribution in [0.25, 0.3) is 22.4 Å². The Morgan fingerprint density at radius 3 is 2.35 bits per heavy atom. The van der Waals surface area contributed by atoms with Crippen LogP contribution in [0.15, 0.2) is 54.6 Å². The van der Waals surface area contributed by atoms with Gasteiger partial charge >= 0.3 is 12.1 Å². The molecule has 0 radical (unpaired) electrons. The largest absolute Gasteiger partial charge is 0.481 e. The molecule has 270 valence electrons. The summed E-state index contributed by atoms with van der Waals surface area (Å²) >= 11 is 7.08. The number of pyridine rings is 2. The molecule has 0 unspecified atom stereocenters. The molecule has 1 saturated carbocycles. The lowest BCUT2D eigenvalue weighted by molar-refractivity contribution is -0.140. The molecule has 0 amide bonds. The molecule has 2 aliphatic carbocycles. The van der Waals surface area contributed by atoms with Crippen LogP contribution >= 0.6 is 11.6 Å². The molecule has 2 aromatic carbocycles. The number of nitrogens with one attached hydrogen (secondary N) is 1. The number of aromatic nitrogens is 2. The number of ether oxygens (including phenoxy) is 3. The molecule has 0 saturated heterocycles. The molecule has 4 aromatic rings. The van der Waals surface area contributed by atoms with Crippen molar-refractivity contribution in [3.8, 4) is 40.0 Å². The smallest absolute Gasteiger partial charge is 0.421 e. The lowest BCUT2D eigenvalue weighted by Gasteiger charge is -2.41. The van der Waals surface area contributed by atoms with E-state index in [1.54, 1.807) is 7.11 Å². The summed E-state index contributed by atoms with van der Waals surface area (Å²) < 4.78 is 59.8. The molecule has 13 heteroatoms. The van der Waals surface area contributed by atoms with E-state index in [0.29, 0.717) is 54.4 Å². The molecule has 1 atom stereocenters. The van der Waals surface area contributed by atoms with Crippen molar-refractivity contribution in [2.75, 3.05) is 14.2 Å². The van der Waals surface area contributed by atoms with E-state index in [2.05, 4.69) is 10.3 Å². The van der Waals surface area contributed by atoms with Crippen molar-refractivity contribution >= 4 is 17.6 Å². The Hall–Kier alpha value is -4.39. The molecule has 9 nitrogen and oxygen atoms in total. The van der Waals surface area contributed by atoms with E-state index in [0.717, 1.165) is 33.9 Å². The number of methoxy groups -OCH3 is 2. The first-order valence-corrected chi connectivity index (χ1v) is 17.1. The fourth-order valence-electron chi connectivity index (χ4n) is 7.00. The quantitative estimate of drug-likeness (QED) is 0.126. The molecule has 51 heavy (non-hydrogen) atoms. The van der Waals surface area contributed by atoms with E-state index in [1.807, 2.05) is 55.5 Å². The van der Waals surface area contributed by atoms with Gasteiger partial charge in [0, 0.05) is 41.3 Å². The standard InChI is InChI=1S/C38H39ClF3N3O6/c1-37(48)18-23(19-37)43-20-22-13-15-30(44-35(22)50-3)28-11-6-10-27(33(28)39)24-8-5-9-26-25(24)14-16-31(26)51-36-29(38(40,41)42)17-21(34(45-36)49-2)7-4-12-32(46)47/h5-6,8-11,13,15,17,23,31,43,48H,4,7,12,14,16,18-20H2,1-3H3,(H,46,47)/t23?,31-,37?/m0/s1. The summed E-state index contributed by atoms with van der Waals surface area (Å²) in [6.45, 7) is 2.36. The number of aliphatic hydroxyl groups is 1. The van der Waals surface area contributed by atoms with Gasteiger partial charge in [-0.25, -0.2) is 4.98 Å². The molecule has 0 bridgehead atoms. The van der Waals surface area contributed by atoms with Crippen LogP contribution in [0.2, 0.25) is 5.02 Å². The molecule has 2 heterocycles. The van der Waals surface area contributed by atoms with Crippen molar-refractivity contribution in [2.45, 2.75) is 82.3 Å². The third-order valence-corrected chi connectivity index (χ3v) is 9.89. The van der Waals surface area contributed by atoms with E-state index in [-0.39, 0.29) is 36.7 Å². The molecule has 0 spiro atoms. The van der Waals surface area contributed by atoms with Gasteiger partial charge in [-0.15, -0.1) is 0 Å². The first-order valence-electron chi connectivity index (χ1n) is 16.7. The van der Waals surface area contributed by atoms with Gasteiger partial charge in [0.25, 0.3) is 0 Å². The molecule has 2 aliphatic rings. The zero-order valence-corrected chi connectivity index (χ0v) is 29.2. The summed E-state index contributed by atoms with van der Waals surface area (Å²) in [6.07, 6.45) is -3.17. The molecule has 2 aromatic heterocycles. The molecule has 0 aliphatic heterocycles. The first kappa shape index (κ1) is 36.4. The van der Waals surface area contributed by atoms with Crippen LogP contribution in [0.5, 0.6) is 17.6 Å². The average Bonchev–Trinajstić information content (AvgIpc) is 3.49. The van der Waals surface area contributed by atoms with Crippen LogP contribution in [0, 0.1) is 0 Å². The number of aryl methyl sites for hydroxylation is 1. The Bertz CT molecular complexity index is 1930. The predicted octanol–water partition coefficient (Wildman–Crippen LogP) is 7.98. The summed E-state index contributed by atoms with van der Waals surface area (Å²) in [5, 5.41) is 22.9. The number of nitrogens with zero attached hydrogens (tertiary/aromatic N) is 2. The minimum atomic E-state index is -4.77. The zero-order valence-electron chi connectivity index (χ0n) is 28.4. The van der Waals surface area contributed by atoms with Gasteiger partial charge in [0.05, 0.1) is 30.5 Å². The first-order chi connectivity index (χ1) is 24.3. The van der Waals surface area contributed by atoms with Gasteiger partial charge in [-0.05, 0) is 74.3 Å². The van der Waals surface area contributed by atoms with Crippen molar-refractivity contribution < 1.29 is 42.4 Å². The Balaban J connectivity index is 1.26. The van der Waals surface area contributed by atoms with Crippen LogP contribution in [0.3, 0.4) is 0 Å². The van der Waals surface area contributed by atoms with E-state index in [1.165, 1.54) is 7.11 Å². The van der Waals surface area contributed by atoms with Crippen LogP contribution in [0.4, 0.5) is 13.2 Å². The molecular weight excluding hydrogens is 687 g/mol. The van der Waals surface area contributed by atoms with E-state index in [9.17, 15) is 23.1 Å². The highest BCUT2D eigenvalue weighted by Crippen LogP contribution is 2.46. The fraction of sp³-hybridized carbons (Fsp3) is 0.395. The minimum absolute atomic E-state index is 0.0406. The lowest BCUT2D eigenvalue weighted by atomic mass is 9.77. The number of alkyl halides is 3. The Morgan fingerprint density at radius 1 is 0.980 bits per heavy atom. The number of carboxylic acids is 1. The van der Waals surface area contributed by atoms with E-state index < -0.39 is 35.3 Å². The summed E-state index contributed by atoms with van der Waals surface area (Å²) in [6, 6.07) is 16.2. The average molecular weight is 726 g/mol. The highest BCUT2D eigenvalue weighted by molar-refractivity contribution is 6.36. The third kappa shape index (κ3) is 7.93. The summed E-state index contributed by atoms with van der Waals surface area (Å²) in [7, 11) is 2.86. The summed E-state index contributed by atoms with van der Waals surface area (Å²) in [4.78, 5) is 19.8. The Morgan fingerprint density at radius 2 is 1.67 bits per heavy atom. The molecular formula is C38H39ClF3N3O6. The van der Waals surface area contributed by atoms with Crippen LogP contribution in [-0.2, 0) is 30.4 Å². The number of hydrogen-bond acceptors (Lipinski definition) is 8. The van der Waals surface area contributed by atoms with Crippen LogP contribution in [-0.4, -0.2) is 52.0 Å². The van der Waals surface area contributed by atoms with Crippen LogP contribution < -0.4 is 19.5 Å². The van der Waals surface area contributed by atoms with Crippen molar-refractivity contribution in [1.82, 2.24) is 15.3 Å². The second-order valence-electron chi connectivity index (χ2n) is 13.3. The Labute approximate surface area is 298 Å². The van der Waals surface area contributed by atoms with Gasteiger partial charge in [-0.2, -0.15) is 18.2 Å². The van der Waals surface area contributed by atoms with Crippen molar-refractivity contribution in [2.24, 2.45) is 0 Å². The monoisotopic (exact) mass is 725 g/mol. The van der Waals surface area contributed by atoms with E-state index >= 15 is 0 Å². The maximum Gasteiger partial charge on any atom is 0.421 e. The third-order valence-electron chi connectivity index (χ3n) is 9.48. The summed E-state index contributed by atoms with van der Waals surface area (Å²) in [5.41, 5.74) is 3.90. The number of halogens is 4. The fourth-order valence-corrected chi connectivity index (χ4v) is 7.32. The number of carbonyl (C=O) groups is 1. The highest BCUT2D eigenvalue weighted by Gasteiger charge is 2.39. The number of rotatable bonds is 13. The number of aliphatic carboxylic acids is 1. The Kier molecular flexibility index (Phi) is 10.5. The maximum absolute atomic E-state index is 14.3.